The van der Waals surface area contributed by atoms with Crippen molar-refractivity contribution in [2.24, 2.45) is 0 Å². The van der Waals surface area contributed by atoms with Gasteiger partial charge in [0.25, 0.3) is 0 Å². The van der Waals surface area contributed by atoms with Gasteiger partial charge in [0.1, 0.15) is 5.60 Å². The van der Waals surface area contributed by atoms with Crippen LogP contribution in [0.3, 0.4) is 0 Å². The van der Waals surface area contributed by atoms with Gasteiger partial charge in [-0.05, 0) is 63.8 Å². The second kappa shape index (κ2) is 6.85. The Kier molecular flexibility index (Phi) is 5.10. The third-order valence-corrected chi connectivity index (χ3v) is 3.48. The number of hydrogen-bond donors (Lipinski definition) is 2. The Morgan fingerprint density at radius 1 is 1.41 bits per heavy atom. The summed E-state index contributed by atoms with van der Waals surface area (Å²) in [5.41, 5.74) is 2.86. The van der Waals surface area contributed by atoms with E-state index in [1.54, 1.807) is 0 Å². The van der Waals surface area contributed by atoms with Crippen LogP contribution in [0.1, 0.15) is 51.3 Å². The van der Waals surface area contributed by atoms with Crippen LogP contribution in [-0.4, -0.2) is 18.2 Å². The molecule has 0 bridgehead atoms. The fourth-order valence-electron chi connectivity index (χ4n) is 2.59. The van der Waals surface area contributed by atoms with E-state index in [9.17, 15) is 4.79 Å². The number of aryl methyl sites for hydroxylation is 1. The van der Waals surface area contributed by atoms with Crippen molar-refractivity contribution in [1.29, 1.82) is 0 Å². The van der Waals surface area contributed by atoms with Crippen LogP contribution in [0.5, 0.6) is 0 Å². The highest BCUT2D eigenvalue weighted by atomic mass is 16.6. The minimum absolute atomic E-state index is 0.353. The Hall–Kier alpha value is -1.99. The van der Waals surface area contributed by atoms with Crippen molar-refractivity contribution in [3.63, 3.8) is 0 Å². The van der Waals surface area contributed by atoms with Crippen molar-refractivity contribution in [2.45, 2.75) is 52.2 Å². The maximum absolute atomic E-state index is 11.8. The van der Waals surface area contributed by atoms with Crippen LogP contribution < -0.4 is 10.6 Å². The van der Waals surface area contributed by atoms with Crippen molar-refractivity contribution >= 4 is 11.8 Å². The van der Waals surface area contributed by atoms with Crippen molar-refractivity contribution < 1.29 is 9.53 Å². The highest BCUT2D eigenvalue weighted by Crippen LogP contribution is 2.32. The molecule has 0 aromatic heterocycles. The minimum Gasteiger partial charge on any atom is -0.444 e. The SMILES string of the molecule is CC#CCNC1CCc2cc(NC(=O)OC(C)(C)C)ccc21. The molecule has 0 spiro atoms. The minimum atomic E-state index is -0.490. The number of nitrogens with one attached hydrogen (secondary N) is 2. The summed E-state index contributed by atoms with van der Waals surface area (Å²) in [6.07, 6.45) is 1.66. The molecule has 4 nitrogen and oxygen atoms in total. The fraction of sp³-hybridized carbons (Fsp3) is 0.500. The highest BCUT2D eigenvalue weighted by molar-refractivity contribution is 5.85. The number of benzene rings is 1. The van der Waals surface area contributed by atoms with Gasteiger partial charge in [0.2, 0.25) is 0 Å². The number of anilines is 1. The van der Waals surface area contributed by atoms with E-state index >= 15 is 0 Å². The second-order valence-corrected chi connectivity index (χ2v) is 6.44. The molecule has 1 aliphatic carbocycles. The molecule has 1 amide bonds. The predicted octanol–water partition coefficient (Wildman–Crippen LogP) is 3.63. The standard InChI is InChI=1S/C18H24N2O2/c1-5-6-11-19-16-10-7-13-12-14(8-9-15(13)16)20-17(21)22-18(2,3)4/h8-9,12,16,19H,7,10-11H2,1-4H3,(H,20,21). The van der Waals surface area contributed by atoms with Gasteiger partial charge in [-0.15, -0.1) is 5.92 Å². The van der Waals surface area contributed by atoms with E-state index in [-0.39, 0.29) is 0 Å². The summed E-state index contributed by atoms with van der Waals surface area (Å²) in [7, 11) is 0. The van der Waals surface area contributed by atoms with Gasteiger partial charge < -0.3 is 4.74 Å². The molecule has 118 valence electrons. The number of rotatable bonds is 3. The van der Waals surface area contributed by atoms with E-state index in [1.807, 2.05) is 39.8 Å². The van der Waals surface area contributed by atoms with Gasteiger partial charge in [-0.1, -0.05) is 12.0 Å². The molecule has 1 aromatic rings. The van der Waals surface area contributed by atoms with Gasteiger partial charge in [0, 0.05) is 11.7 Å². The molecule has 0 heterocycles. The van der Waals surface area contributed by atoms with E-state index in [2.05, 4.69) is 28.5 Å². The van der Waals surface area contributed by atoms with Crippen molar-refractivity contribution in [2.75, 3.05) is 11.9 Å². The molecule has 1 aliphatic rings. The first-order valence-electron chi connectivity index (χ1n) is 7.65. The number of carbonyl (C=O) groups is 1. The fourth-order valence-corrected chi connectivity index (χ4v) is 2.59. The topological polar surface area (TPSA) is 50.4 Å². The van der Waals surface area contributed by atoms with Gasteiger partial charge in [-0.25, -0.2) is 4.79 Å². The number of amides is 1. The summed E-state index contributed by atoms with van der Waals surface area (Å²) in [5, 5.41) is 6.24. The first-order chi connectivity index (χ1) is 10.4. The van der Waals surface area contributed by atoms with Crippen LogP contribution in [0.15, 0.2) is 18.2 Å². The molecular formula is C18H24N2O2. The van der Waals surface area contributed by atoms with Crippen LogP contribution in [0.25, 0.3) is 0 Å². The Labute approximate surface area is 132 Å². The normalized spacial score (nSPS) is 16.5. The first-order valence-corrected chi connectivity index (χ1v) is 7.65. The molecule has 0 saturated heterocycles. The molecule has 2 N–H and O–H groups in total. The first kappa shape index (κ1) is 16.4. The Bertz CT molecular complexity index is 606. The van der Waals surface area contributed by atoms with Gasteiger partial charge in [0.15, 0.2) is 0 Å². The zero-order valence-corrected chi connectivity index (χ0v) is 13.7. The maximum Gasteiger partial charge on any atom is 0.412 e. The molecule has 0 aliphatic heterocycles. The molecule has 1 unspecified atom stereocenters. The summed E-state index contributed by atoms with van der Waals surface area (Å²) in [6.45, 7) is 8.11. The zero-order chi connectivity index (χ0) is 16.2. The number of carbonyl (C=O) groups excluding carboxylic acids is 1. The average Bonchev–Trinajstić information content (AvgIpc) is 2.79. The highest BCUT2D eigenvalue weighted by Gasteiger charge is 2.22. The molecule has 1 atom stereocenters. The second-order valence-electron chi connectivity index (χ2n) is 6.44. The lowest BCUT2D eigenvalue weighted by atomic mass is 10.1. The summed E-state index contributed by atoms with van der Waals surface area (Å²) >= 11 is 0. The molecule has 2 rings (SSSR count). The smallest absolute Gasteiger partial charge is 0.412 e. The number of fused-ring (bicyclic) bond motifs is 1. The van der Waals surface area contributed by atoms with Gasteiger partial charge >= 0.3 is 6.09 Å². The molecule has 1 aromatic carbocycles. The molecule has 0 fully saturated rings. The zero-order valence-electron chi connectivity index (χ0n) is 13.7. The number of hydrogen-bond acceptors (Lipinski definition) is 3. The summed E-state index contributed by atoms with van der Waals surface area (Å²) in [4.78, 5) is 11.8. The summed E-state index contributed by atoms with van der Waals surface area (Å²) < 4.78 is 5.27. The van der Waals surface area contributed by atoms with Crippen LogP contribution in [0.2, 0.25) is 0 Å². The van der Waals surface area contributed by atoms with E-state index < -0.39 is 11.7 Å². The average molecular weight is 300 g/mol. The molecule has 4 heteroatoms. The quantitative estimate of drug-likeness (QED) is 0.838. The van der Waals surface area contributed by atoms with E-state index in [4.69, 9.17) is 4.74 Å². The van der Waals surface area contributed by atoms with E-state index in [0.717, 1.165) is 18.5 Å². The lowest BCUT2D eigenvalue weighted by molar-refractivity contribution is 0.0636. The van der Waals surface area contributed by atoms with Crippen molar-refractivity contribution in [3.05, 3.63) is 29.3 Å². The molecular weight excluding hydrogens is 276 g/mol. The van der Waals surface area contributed by atoms with Crippen LogP contribution >= 0.6 is 0 Å². The number of ether oxygens (including phenoxy) is 1. The van der Waals surface area contributed by atoms with E-state index in [1.165, 1.54) is 11.1 Å². The summed E-state index contributed by atoms with van der Waals surface area (Å²) in [6, 6.07) is 6.39. The van der Waals surface area contributed by atoms with Crippen molar-refractivity contribution in [3.8, 4) is 11.8 Å². The Balaban J connectivity index is 2.00. The Morgan fingerprint density at radius 3 is 2.86 bits per heavy atom. The van der Waals surface area contributed by atoms with Crippen molar-refractivity contribution in [1.82, 2.24) is 5.32 Å². The third kappa shape index (κ3) is 4.51. The van der Waals surface area contributed by atoms with Gasteiger partial charge in [-0.3, -0.25) is 10.6 Å². The molecule has 0 radical (unpaired) electrons. The molecule has 22 heavy (non-hydrogen) atoms. The van der Waals surface area contributed by atoms with Gasteiger partial charge in [0.05, 0.1) is 6.54 Å². The monoisotopic (exact) mass is 300 g/mol. The predicted molar refractivity (Wildman–Crippen MR) is 88.8 cm³/mol. The lowest BCUT2D eigenvalue weighted by Gasteiger charge is -2.20. The summed E-state index contributed by atoms with van der Waals surface area (Å²) in [5.74, 6) is 5.92. The van der Waals surface area contributed by atoms with Gasteiger partial charge in [-0.2, -0.15) is 0 Å². The van der Waals surface area contributed by atoms with Crippen LogP contribution in [0.4, 0.5) is 10.5 Å². The largest absolute Gasteiger partial charge is 0.444 e. The molecule has 0 saturated carbocycles. The maximum atomic E-state index is 11.8. The van der Waals surface area contributed by atoms with Crippen LogP contribution in [-0.2, 0) is 11.2 Å². The van der Waals surface area contributed by atoms with E-state index in [0.29, 0.717) is 12.6 Å². The van der Waals surface area contributed by atoms with Crippen LogP contribution in [0, 0.1) is 11.8 Å². The third-order valence-electron chi connectivity index (χ3n) is 3.48. The Morgan fingerprint density at radius 2 is 2.18 bits per heavy atom. The lowest BCUT2D eigenvalue weighted by Crippen LogP contribution is -2.27.